The quantitative estimate of drug-likeness (QED) is 0.764. The van der Waals surface area contributed by atoms with Crippen molar-refractivity contribution < 1.29 is 4.79 Å². The highest BCUT2D eigenvalue weighted by molar-refractivity contribution is 7.12. The van der Waals surface area contributed by atoms with Gasteiger partial charge in [-0.2, -0.15) is 0 Å². The number of hydrogen-bond donors (Lipinski definition) is 2. The Kier molecular flexibility index (Phi) is 4.51. The molecule has 0 bridgehead atoms. The molecule has 0 radical (unpaired) electrons. The summed E-state index contributed by atoms with van der Waals surface area (Å²) in [5, 5.41) is 8.56. The monoisotopic (exact) mass is 238 g/mol. The van der Waals surface area contributed by atoms with Crippen LogP contribution in [0.15, 0.2) is 17.5 Å². The van der Waals surface area contributed by atoms with Gasteiger partial charge in [0.25, 0.3) is 0 Å². The molecule has 4 heteroatoms. The summed E-state index contributed by atoms with van der Waals surface area (Å²) in [5.74, 6) is 0.946. The van der Waals surface area contributed by atoms with Crippen molar-refractivity contribution in [2.45, 2.75) is 12.8 Å². The number of rotatable bonds is 5. The maximum Gasteiger partial charge on any atom is 0.186 e. The lowest BCUT2D eigenvalue weighted by atomic mass is 9.98. The van der Waals surface area contributed by atoms with Crippen molar-refractivity contribution in [2.24, 2.45) is 5.92 Å². The first-order valence-electron chi connectivity index (χ1n) is 5.84. The summed E-state index contributed by atoms with van der Waals surface area (Å²) in [5.41, 5.74) is 0. The van der Waals surface area contributed by atoms with E-state index in [1.165, 1.54) is 24.2 Å². The van der Waals surface area contributed by atoms with Crippen LogP contribution in [0, 0.1) is 5.92 Å². The van der Waals surface area contributed by atoms with E-state index < -0.39 is 0 Å². The lowest BCUT2D eigenvalue weighted by molar-refractivity contribution is 0.0993. The van der Waals surface area contributed by atoms with E-state index >= 15 is 0 Å². The molecule has 0 unspecified atom stereocenters. The minimum atomic E-state index is 0.212. The fraction of sp³-hybridized carbons (Fsp3) is 0.583. The number of carbonyl (C=O) groups is 1. The van der Waals surface area contributed by atoms with E-state index in [2.05, 4.69) is 10.6 Å². The van der Waals surface area contributed by atoms with E-state index in [0.717, 1.165) is 30.4 Å². The molecule has 0 saturated carbocycles. The van der Waals surface area contributed by atoms with Gasteiger partial charge >= 0.3 is 0 Å². The largest absolute Gasteiger partial charge is 0.317 e. The van der Waals surface area contributed by atoms with Crippen LogP contribution in [0.1, 0.15) is 22.5 Å². The van der Waals surface area contributed by atoms with Gasteiger partial charge < -0.3 is 10.6 Å². The number of hydrogen-bond acceptors (Lipinski definition) is 4. The third-order valence-corrected chi connectivity index (χ3v) is 3.88. The highest BCUT2D eigenvalue weighted by atomic mass is 32.1. The molecule has 0 amide bonds. The Morgan fingerprint density at radius 3 is 3.00 bits per heavy atom. The second-order valence-corrected chi connectivity index (χ2v) is 5.17. The Hall–Kier alpha value is -0.710. The van der Waals surface area contributed by atoms with Crippen LogP contribution in [0.5, 0.6) is 0 Å². The van der Waals surface area contributed by atoms with Gasteiger partial charge in [0, 0.05) is 0 Å². The Labute approximate surface area is 100 Å². The van der Waals surface area contributed by atoms with E-state index in [0.29, 0.717) is 6.54 Å². The highest BCUT2D eigenvalue weighted by Gasteiger charge is 2.13. The van der Waals surface area contributed by atoms with Crippen LogP contribution in [0.25, 0.3) is 0 Å². The predicted octanol–water partition coefficient (Wildman–Crippen LogP) is 1.52. The summed E-state index contributed by atoms with van der Waals surface area (Å²) < 4.78 is 0. The maximum atomic E-state index is 11.7. The molecule has 1 aromatic rings. The molecule has 0 aromatic carbocycles. The van der Waals surface area contributed by atoms with Crippen molar-refractivity contribution in [3.8, 4) is 0 Å². The molecular weight excluding hydrogens is 220 g/mol. The van der Waals surface area contributed by atoms with Crippen LogP contribution in [-0.4, -0.2) is 32.0 Å². The minimum Gasteiger partial charge on any atom is -0.317 e. The normalized spacial score (nSPS) is 17.5. The molecule has 0 atom stereocenters. The predicted molar refractivity (Wildman–Crippen MR) is 67.1 cm³/mol. The molecule has 88 valence electrons. The number of nitrogens with one attached hydrogen (secondary N) is 2. The Morgan fingerprint density at radius 2 is 2.31 bits per heavy atom. The van der Waals surface area contributed by atoms with Crippen LogP contribution in [0.4, 0.5) is 0 Å². The van der Waals surface area contributed by atoms with Crippen LogP contribution in [0.3, 0.4) is 0 Å². The van der Waals surface area contributed by atoms with Gasteiger partial charge in [-0.1, -0.05) is 6.07 Å². The van der Waals surface area contributed by atoms with Gasteiger partial charge in [-0.3, -0.25) is 4.79 Å². The van der Waals surface area contributed by atoms with Gasteiger partial charge in [-0.25, -0.2) is 0 Å². The summed E-state index contributed by atoms with van der Waals surface area (Å²) in [6, 6.07) is 3.81. The van der Waals surface area contributed by atoms with E-state index in [4.69, 9.17) is 0 Å². The zero-order chi connectivity index (χ0) is 11.2. The van der Waals surface area contributed by atoms with Crippen molar-refractivity contribution >= 4 is 17.1 Å². The van der Waals surface area contributed by atoms with Crippen LogP contribution in [-0.2, 0) is 0 Å². The second kappa shape index (κ2) is 6.13. The second-order valence-electron chi connectivity index (χ2n) is 4.22. The summed E-state index contributed by atoms with van der Waals surface area (Å²) in [6.45, 7) is 3.68. The van der Waals surface area contributed by atoms with Gasteiger partial charge in [-0.05, 0) is 49.8 Å². The van der Waals surface area contributed by atoms with Gasteiger partial charge in [0.1, 0.15) is 0 Å². The van der Waals surface area contributed by atoms with Crippen molar-refractivity contribution in [1.82, 2.24) is 10.6 Å². The molecule has 2 rings (SSSR count). The van der Waals surface area contributed by atoms with E-state index in [-0.39, 0.29) is 5.78 Å². The van der Waals surface area contributed by atoms with Gasteiger partial charge in [0.05, 0.1) is 11.4 Å². The summed E-state index contributed by atoms with van der Waals surface area (Å²) >= 11 is 1.52. The third kappa shape index (κ3) is 3.40. The van der Waals surface area contributed by atoms with Gasteiger partial charge in [-0.15, -0.1) is 11.3 Å². The average Bonchev–Trinajstić information content (AvgIpc) is 2.84. The molecule has 1 aliphatic heterocycles. The van der Waals surface area contributed by atoms with Gasteiger partial charge in [0.2, 0.25) is 0 Å². The minimum absolute atomic E-state index is 0.212. The van der Waals surface area contributed by atoms with Crippen molar-refractivity contribution in [3.63, 3.8) is 0 Å². The molecule has 16 heavy (non-hydrogen) atoms. The van der Waals surface area contributed by atoms with Crippen molar-refractivity contribution in [1.29, 1.82) is 0 Å². The first-order valence-corrected chi connectivity index (χ1v) is 6.72. The fourth-order valence-corrected chi connectivity index (χ4v) is 2.66. The topological polar surface area (TPSA) is 41.1 Å². The molecular formula is C12H18N2OS. The third-order valence-electron chi connectivity index (χ3n) is 2.97. The first kappa shape index (κ1) is 11.8. The van der Waals surface area contributed by atoms with Crippen LogP contribution < -0.4 is 10.6 Å². The van der Waals surface area contributed by atoms with Gasteiger partial charge in [0.15, 0.2) is 5.78 Å². The van der Waals surface area contributed by atoms with Crippen LogP contribution in [0.2, 0.25) is 0 Å². The molecule has 2 heterocycles. The average molecular weight is 238 g/mol. The SMILES string of the molecule is O=C(CNCC1CCNCC1)c1cccs1. The zero-order valence-electron chi connectivity index (χ0n) is 9.37. The molecule has 2 N–H and O–H groups in total. The molecule has 1 aliphatic rings. The number of ketones is 1. The summed E-state index contributed by atoms with van der Waals surface area (Å²) in [4.78, 5) is 12.5. The molecule has 1 saturated heterocycles. The maximum absolute atomic E-state index is 11.7. The standard InChI is InChI=1S/C12H18N2OS/c15-11(12-2-1-7-16-12)9-14-8-10-3-5-13-6-4-10/h1-2,7,10,13-14H,3-6,8-9H2. The Bertz CT molecular complexity index is 318. The molecule has 0 aliphatic carbocycles. The first-order chi connectivity index (χ1) is 7.86. The molecule has 1 aromatic heterocycles. The zero-order valence-corrected chi connectivity index (χ0v) is 10.2. The van der Waals surface area contributed by atoms with E-state index in [1.54, 1.807) is 0 Å². The van der Waals surface area contributed by atoms with Crippen molar-refractivity contribution in [2.75, 3.05) is 26.2 Å². The summed E-state index contributed by atoms with van der Waals surface area (Å²) in [7, 11) is 0. The number of thiophene rings is 1. The number of Topliss-reactive ketones (excluding diaryl/α,β-unsaturated/α-hetero) is 1. The van der Waals surface area contributed by atoms with E-state index in [9.17, 15) is 4.79 Å². The number of carbonyl (C=O) groups excluding carboxylic acids is 1. The smallest absolute Gasteiger partial charge is 0.186 e. The fourth-order valence-electron chi connectivity index (χ4n) is 2.00. The Morgan fingerprint density at radius 1 is 1.50 bits per heavy atom. The van der Waals surface area contributed by atoms with Crippen molar-refractivity contribution in [3.05, 3.63) is 22.4 Å². The molecule has 0 spiro atoms. The Balaban J connectivity index is 1.66. The van der Waals surface area contributed by atoms with Crippen LogP contribution >= 0.6 is 11.3 Å². The molecule has 3 nitrogen and oxygen atoms in total. The lowest BCUT2D eigenvalue weighted by Gasteiger charge is -2.22. The highest BCUT2D eigenvalue weighted by Crippen LogP contribution is 2.11. The van der Waals surface area contributed by atoms with E-state index in [1.807, 2.05) is 17.5 Å². The number of piperidine rings is 1. The lowest BCUT2D eigenvalue weighted by Crippen LogP contribution is -2.35. The molecule has 1 fully saturated rings. The summed E-state index contributed by atoms with van der Waals surface area (Å²) in [6.07, 6.45) is 2.44.